The molecule has 0 amide bonds. The Labute approximate surface area is 108 Å². The molecule has 0 saturated carbocycles. The highest BCUT2D eigenvalue weighted by atomic mass is 35.5. The lowest BCUT2D eigenvalue weighted by molar-refractivity contribution is 0.101. The van der Waals surface area contributed by atoms with E-state index in [2.05, 4.69) is 0 Å². The van der Waals surface area contributed by atoms with Gasteiger partial charge >= 0.3 is 0 Å². The molecule has 2 rings (SSSR count). The highest BCUT2D eigenvalue weighted by Gasteiger charge is 2.13. The molecule has 0 fully saturated rings. The molecule has 1 aromatic carbocycles. The number of thiophene rings is 1. The number of carbonyl (C=O) groups excluding carboxylic acids is 1. The van der Waals surface area contributed by atoms with Gasteiger partial charge in [0.1, 0.15) is 0 Å². The number of rotatable bonds is 3. The van der Waals surface area contributed by atoms with Crippen LogP contribution in [0.1, 0.15) is 9.67 Å². The van der Waals surface area contributed by atoms with Crippen molar-refractivity contribution in [3.63, 3.8) is 0 Å². The second-order valence-corrected chi connectivity index (χ2v) is 5.02. The number of Topliss-reactive ketones (excluding diaryl/α,β-unsaturated/α-hetero) is 1. The van der Waals surface area contributed by atoms with Crippen molar-refractivity contribution in [1.29, 1.82) is 0 Å². The van der Waals surface area contributed by atoms with Gasteiger partial charge in [0.05, 0.1) is 17.1 Å². The maximum Gasteiger partial charge on any atom is 0.188 e. The van der Waals surface area contributed by atoms with E-state index in [0.717, 1.165) is 10.4 Å². The van der Waals surface area contributed by atoms with Gasteiger partial charge in [-0.1, -0.05) is 23.7 Å². The van der Waals surface area contributed by atoms with Crippen molar-refractivity contribution in [3.8, 4) is 10.4 Å². The van der Waals surface area contributed by atoms with Crippen LogP contribution in [-0.2, 0) is 0 Å². The summed E-state index contributed by atoms with van der Waals surface area (Å²) in [6.07, 6.45) is 0. The molecule has 88 valence electrons. The SMILES string of the molecule is NCC(=O)c1sc(-c2ccc(Cl)cc2)cc1N. The van der Waals surface area contributed by atoms with E-state index < -0.39 is 0 Å². The summed E-state index contributed by atoms with van der Waals surface area (Å²) in [5, 5.41) is 0.677. The molecule has 0 spiro atoms. The minimum atomic E-state index is -0.132. The highest BCUT2D eigenvalue weighted by molar-refractivity contribution is 7.18. The molecule has 2 aromatic rings. The first-order chi connectivity index (χ1) is 8.11. The number of carbonyl (C=O) groups is 1. The summed E-state index contributed by atoms with van der Waals surface area (Å²) in [7, 11) is 0. The third-order valence-corrected chi connectivity index (χ3v) is 3.82. The molecule has 1 aromatic heterocycles. The molecule has 1 heterocycles. The average molecular weight is 267 g/mol. The molecule has 17 heavy (non-hydrogen) atoms. The van der Waals surface area contributed by atoms with E-state index in [0.29, 0.717) is 15.6 Å². The zero-order valence-corrected chi connectivity index (χ0v) is 10.5. The molecular weight excluding hydrogens is 256 g/mol. The largest absolute Gasteiger partial charge is 0.397 e. The van der Waals surface area contributed by atoms with Gasteiger partial charge in [0.2, 0.25) is 0 Å². The van der Waals surface area contributed by atoms with Crippen LogP contribution in [0.15, 0.2) is 30.3 Å². The van der Waals surface area contributed by atoms with Crippen LogP contribution in [0.2, 0.25) is 5.02 Å². The minimum Gasteiger partial charge on any atom is -0.397 e. The first-order valence-corrected chi connectivity index (χ1v) is 6.20. The van der Waals surface area contributed by atoms with Gasteiger partial charge in [-0.2, -0.15) is 0 Å². The van der Waals surface area contributed by atoms with E-state index in [1.165, 1.54) is 11.3 Å². The van der Waals surface area contributed by atoms with Crippen molar-refractivity contribution >= 4 is 34.4 Å². The van der Waals surface area contributed by atoms with E-state index in [1.54, 1.807) is 18.2 Å². The first-order valence-electron chi connectivity index (χ1n) is 5.00. The summed E-state index contributed by atoms with van der Waals surface area (Å²) < 4.78 is 0. The van der Waals surface area contributed by atoms with E-state index in [9.17, 15) is 4.79 Å². The summed E-state index contributed by atoms with van der Waals surface area (Å²) in [5.41, 5.74) is 12.6. The van der Waals surface area contributed by atoms with Crippen LogP contribution >= 0.6 is 22.9 Å². The molecule has 0 atom stereocenters. The van der Waals surface area contributed by atoms with Crippen LogP contribution in [-0.4, -0.2) is 12.3 Å². The molecule has 0 unspecified atom stereocenters. The molecule has 0 aliphatic carbocycles. The molecule has 0 radical (unpaired) electrons. The Hall–Kier alpha value is -1.36. The summed E-state index contributed by atoms with van der Waals surface area (Å²) in [6.45, 7) is -0.0230. The Morgan fingerprint density at radius 2 is 1.94 bits per heavy atom. The summed E-state index contributed by atoms with van der Waals surface area (Å²) >= 11 is 7.17. The van der Waals surface area contributed by atoms with Crippen LogP contribution in [0.3, 0.4) is 0 Å². The number of ketones is 1. The van der Waals surface area contributed by atoms with Gasteiger partial charge < -0.3 is 11.5 Å². The second-order valence-electron chi connectivity index (χ2n) is 3.53. The van der Waals surface area contributed by atoms with Crippen molar-refractivity contribution < 1.29 is 4.79 Å². The summed E-state index contributed by atoms with van der Waals surface area (Å²) in [6, 6.07) is 9.18. The predicted molar refractivity (Wildman–Crippen MR) is 72.6 cm³/mol. The third kappa shape index (κ3) is 2.49. The number of hydrogen-bond acceptors (Lipinski definition) is 4. The number of halogens is 1. The Morgan fingerprint density at radius 1 is 1.29 bits per heavy atom. The van der Waals surface area contributed by atoms with Gasteiger partial charge in [-0.3, -0.25) is 4.79 Å². The smallest absolute Gasteiger partial charge is 0.188 e. The molecule has 0 saturated heterocycles. The van der Waals surface area contributed by atoms with Gasteiger partial charge in [-0.15, -0.1) is 11.3 Å². The molecule has 0 aliphatic heterocycles. The maximum atomic E-state index is 11.5. The molecule has 0 aliphatic rings. The van der Waals surface area contributed by atoms with E-state index in [1.807, 2.05) is 12.1 Å². The van der Waals surface area contributed by atoms with Crippen molar-refractivity contribution in [2.75, 3.05) is 12.3 Å². The number of nitrogens with two attached hydrogens (primary N) is 2. The van der Waals surface area contributed by atoms with Crippen LogP contribution in [0.4, 0.5) is 5.69 Å². The minimum absolute atomic E-state index is 0.0230. The van der Waals surface area contributed by atoms with Crippen LogP contribution < -0.4 is 11.5 Å². The van der Waals surface area contributed by atoms with Crippen LogP contribution in [0, 0.1) is 0 Å². The topological polar surface area (TPSA) is 69.1 Å². The molecular formula is C12H11ClN2OS. The van der Waals surface area contributed by atoms with Crippen LogP contribution in [0.5, 0.6) is 0 Å². The molecule has 0 bridgehead atoms. The highest BCUT2D eigenvalue weighted by Crippen LogP contribution is 2.33. The van der Waals surface area contributed by atoms with Crippen molar-refractivity contribution in [1.82, 2.24) is 0 Å². The van der Waals surface area contributed by atoms with Gasteiger partial charge in [-0.05, 0) is 23.8 Å². The lowest BCUT2D eigenvalue weighted by atomic mass is 10.2. The van der Waals surface area contributed by atoms with Crippen LogP contribution in [0.25, 0.3) is 10.4 Å². The zero-order chi connectivity index (χ0) is 12.4. The molecule has 4 N–H and O–H groups in total. The normalized spacial score (nSPS) is 10.5. The number of anilines is 1. The predicted octanol–water partition coefficient (Wildman–Crippen LogP) is 2.79. The fraction of sp³-hybridized carbons (Fsp3) is 0.0833. The van der Waals surface area contributed by atoms with Gasteiger partial charge in [0.15, 0.2) is 5.78 Å². The molecule has 5 heteroatoms. The number of benzene rings is 1. The maximum absolute atomic E-state index is 11.5. The quantitative estimate of drug-likeness (QED) is 0.840. The van der Waals surface area contributed by atoms with E-state index in [-0.39, 0.29) is 12.3 Å². The lowest BCUT2D eigenvalue weighted by Gasteiger charge is -1.96. The number of hydrogen-bond donors (Lipinski definition) is 2. The second kappa shape index (κ2) is 4.87. The monoisotopic (exact) mass is 266 g/mol. The first kappa shape index (κ1) is 12.1. The molecule has 3 nitrogen and oxygen atoms in total. The third-order valence-electron chi connectivity index (χ3n) is 2.33. The standard InChI is InChI=1S/C12H11ClN2OS/c13-8-3-1-7(2-4-8)11-5-9(15)12(17-11)10(16)6-14/h1-5H,6,14-15H2. The van der Waals surface area contributed by atoms with E-state index in [4.69, 9.17) is 23.1 Å². The Balaban J connectivity index is 2.41. The van der Waals surface area contributed by atoms with Gasteiger partial charge in [0, 0.05) is 9.90 Å². The summed E-state index contributed by atoms with van der Waals surface area (Å²) in [5.74, 6) is -0.132. The average Bonchev–Trinajstić information content (AvgIpc) is 2.71. The van der Waals surface area contributed by atoms with Gasteiger partial charge in [-0.25, -0.2) is 0 Å². The Kier molecular flexibility index (Phi) is 3.47. The zero-order valence-electron chi connectivity index (χ0n) is 8.94. The summed E-state index contributed by atoms with van der Waals surface area (Å²) in [4.78, 5) is 13.0. The van der Waals surface area contributed by atoms with Crippen molar-refractivity contribution in [3.05, 3.63) is 40.2 Å². The van der Waals surface area contributed by atoms with E-state index >= 15 is 0 Å². The Morgan fingerprint density at radius 3 is 2.53 bits per heavy atom. The van der Waals surface area contributed by atoms with Crippen molar-refractivity contribution in [2.24, 2.45) is 5.73 Å². The number of nitrogen functional groups attached to an aromatic ring is 1. The fourth-order valence-corrected chi connectivity index (χ4v) is 2.63. The van der Waals surface area contributed by atoms with Crippen molar-refractivity contribution in [2.45, 2.75) is 0 Å². The Bertz CT molecular complexity index is 548. The lowest BCUT2D eigenvalue weighted by Crippen LogP contribution is -2.13. The van der Waals surface area contributed by atoms with Gasteiger partial charge in [0.25, 0.3) is 0 Å². The fourth-order valence-electron chi connectivity index (χ4n) is 1.47.